The number of hydrogen-bond donors (Lipinski definition) is 1. The molecule has 2 heterocycles. The Hall–Kier alpha value is -2.35. The zero-order valence-electron chi connectivity index (χ0n) is 13.7. The van der Waals surface area contributed by atoms with Gasteiger partial charge in [0.1, 0.15) is 0 Å². The zero-order chi connectivity index (χ0) is 18.4. The largest absolute Gasteiger partial charge is 0.481 e. The molecule has 1 aromatic heterocycles. The Kier molecular flexibility index (Phi) is 6.19. The van der Waals surface area contributed by atoms with Crippen LogP contribution in [0.1, 0.15) is 18.4 Å². The lowest BCUT2D eigenvalue weighted by atomic mass is 9.97. The lowest BCUT2D eigenvalue weighted by Crippen LogP contribution is -2.37. The lowest BCUT2D eigenvalue weighted by molar-refractivity contribution is -0.233. The molecule has 1 aliphatic rings. The normalized spacial score (nSPS) is 21.1. The first-order valence-corrected chi connectivity index (χ1v) is 7.67. The molecule has 1 N–H and O–H groups in total. The van der Waals surface area contributed by atoms with Gasteiger partial charge in [-0.2, -0.15) is 13.2 Å². The van der Waals surface area contributed by atoms with Gasteiger partial charge in [0.25, 0.3) is 0 Å². The Morgan fingerprint density at radius 2 is 2.24 bits per heavy atom. The van der Waals surface area contributed by atoms with Crippen LogP contribution < -0.4 is 10.1 Å². The van der Waals surface area contributed by atoms with E-state index in [4.69, 9.17) is 9.47 Å². The first-order valence-electron chi connectivity index (χ1n) is 7.67. The molecule has 1 amide bonds. The third-order valence-electron chi connectivity index (χ3n) is 3.75. The van der Waals surface area contributed by atoms with Gasteiger partial charge in [-0.1, -0.05) is 18.7 Å². The summed E-state index contributed by atoms with van der Waals surface area (Å²) in [6, 6.07) is 1.66. The molecule has 0 spiro atoms. The SMILES string of the molecule is C=CC(=O)Nc1cnc(OC)c(/C=C/[C@H]2CC[C@H](C(F)(F)F)OC2)c1. The maximum Gasteiger partial charge on any atom is 0.414 e. The molecule has 1 aromatic rings. The number of hydrogen-bond acceptors (Lipinski definition) is 4. The second-order valence-electron chi connectivity index (χ2n) is 5.58. The molecule has 25 heavy (non-hydrogen) atoms. The Bertz CT molecular complexity index is 651. The van der Waals surface area contributed by atoms with E-state index in [-0.39, 0.29) is 24.9 Å². The number of rotatable bonds is 5. The van der Waals surface area contributed by atoms with Gasteiger partial charge in [0.2, 0.25) is 11.8 Å². The van der Waals surface area contributed by atoms with Crippen LogP contribution in [0, 0.1) is 5.92 Å². The minimum Gasteiger partial charge on any atom is -0.481 e. The van der Waals surface area contributed by atoms with Gasteiger partial charge in [0, 0.05) is 11.5 Å². The second-order valence-corrected chi connectivity index (χ2v) is 5.58. The fourth-order valence-corrected chi connectivity index (χ4v) is 2.44. The molecule has 0 saturated carbocycles. The summed E-state index contributed by atoms with van der Waals surface area (Å²) in [5, 5.41) is 2.59. The van der Waals surface area contributed by atoms with E-state index in [2.05, 4.69) is 16.9 Å². The first-order chi connectivity index (χ1) is 11.8. The van der Waals surface area contributed by atoms with Crippen molar-refractivity contribution in [1.82, 2.24) is 4.98 Å². The summed E-state index contributed by atoms with van der Waals surface area (Å²) >= 11 is 0. The monoisotopic (exact) mass is 356 g/mol. The van der Waals surface area contributed by atoms with Crippen molar-refractivity contribution >= 4 is 17.7 Å². The first kappa shape index (κ1) is 19.0. The van der Waals surface area contributed by atoms with E-state index in [0.717, 1.165) is 6.08 Å². The number of pyridine rings is 1. The van der Waals surface area contributed by atoms with Crippen LogP contribution in [0.5, 0.6) is 5.88 Å². The van der Waals surface area contributed by atoms with Gasteiger partial charge in [-0.15, -0.1) is 0 Å². The predicted octanol–water partition coefficient (Wildman–Crippen LogP) is 3.59. The number of nitrogens with zero attached hydrogens (tertiary/aromatic N) is 1. The van der Waals surface area contributed by atoms with Crippen LogP contribution in [0.15, 0.2) is 31.0 Å². The molecule has 1 aliphatic heterocycles. The van der Waals surface area contributed by atoms with Gasteiger partial charge in [-0.05, 0) is 25.0 Å². The van der Waals surface area contributed by atoms with Crippen molar-refractivity contribution in [2.75, 3.05) is 19.0 Å². The lowest BCUT2D eigenvalue weighted by Gasteiger charge is -2.28. The summed E-state index contributed by atoms with van der Waals surface area (Å²) in [4.78, 5) is 15.4. The predicted molar refractivity (Wildman–Crippen MR) is 87.2 cm³/mol. The van der Waals surface area contributed by atoms with Crippen molar-refractivity contribution in [1.29, 1.82) is 0 Å². The van der Waals surface area contributed by atoms with E-state index in [0.29, 0.717) is 23.6 Å². The summed E-state index contributed by atoms with van der Waals surface area (Å²) in [6.45, 7) is 3.37. The van der Waals surface area contributed by atoms with Gasteiger partial charge in [0.05, 0.1) is 25.6 Å². The number of amides is 1. The molecule has 136 valence electrons. The molecule has 0 aromatic carbocycles. The standard InChI is InChI=1S/C17H19F3N2O3/c1-3-15(23)22-13-8-12(16(24-2)21-9-13)6-4-11-5-7-14(25-10-11)17(18,19)20/h3-4,6,8-9,11,14H,1,5,7,10H2,2H3,(H,22,23)/b6-4+/t11-,14+/m0/s1. The van der Waals surface area contributed by atoms with Crippen molar-refractivity contribution in [3.05, 3.63) is 36.6 Å². The number of methoxy groups -OCH3 is 1. The van der Waals surface area contributed by atoms with Crippen LogP contribution in [-0.4, -0.2) is 36.9 Å². The highest BCUT2D eigenvalue weighted by Crippen LogP contribution is 2.32. The number of ether oxygens (including phenoxy) is 2. The number of halogens is 3. The third kappa shape index (κ3) is 5.32. The molecule has 2 atom stereocenters. The molecule has 2 rings (SSSR count). The van der Waals surface area contributed by atoms with E-state index in [1.54, 1.807) is 18.2 Å². The minimum atomic E-state index is -4.32. The van der Waals surface area contributed by atoms with Crippen molar-refractivity contribution in [3.63, 3.8) is 0 Å². The number of nitrogens with one attached hydrogen (secondary N) is 1. The van der Waals surface area contributed by atoms with E-state index in [1.165, 1.54) is 13.3 Å². The van der Waals surface area contributed by atoms with Crippen molar-refractivity contribution in [3.8, 4) is 5.88 Å². The van der Waals surface area contributed by atoms with Gasteiger partial charge < -0.3 is 14.8 Å². The average molecular weight is 356 g/mol. The van der Waals surface area contributed by atoms with Crippen LogP contribution in [0.25, 0.3) is 6.08 Å². The fourth-order valence-electron chi connectivity index (χ4n) is 2.44. The zero-order valence-corrected chi connectivity index (χ0v) is 13.7. The maximum absolute atomic E-state index is 12.6. The van der Waals surface area contributed by atoms with Crippen LogP contribution in [0.3, 0.4) is 0 Å². The molecular formula is C17H19F3N2O3. The number of carbonyl (C=O) groups excluding carboxylic acids is 1. The molecule has 1 saturated heterocycles. The number of alkyl halides is 3. The highest BCUT2D eigenvalue weighted by Gasteiger charge is 2.42. The Morgan fingerprint density at radius 3 is 2.80 bits per heavy atom. The molecule has 5 nitrogen and oxygen atoms in total. The minimum absolute atomic E-state index is 0.00329. The molecule has 0 aliphatic carbocycles. The third-order valence-corrected chi connectivity index (χ3v) is 3.75. The molecule has 1 fully saturated rings. The van der Waals surface area contributed by atoms with Crippen molar-refractivity contribution < 1.29 is 27.4 Å². The van der Waals surface area contributed by atoms with Crippen LogP contribution in [0.2, 0.25) is 0 Å². The number of aromatic nitrogens is 1. The number of carbonyl (C=O) groups is 1. The van der Waals surface area contributed by atoms with Gasteiger partial charge >= 0.3 is 6.18 Å². The highest BCUT2D eigenvalue weighted by atomic mass is 19.4. The quantitative estimate of drug-likeness (QED) is 0.819. The van der Waals surface area contributed by atoms with Crippen LogP contribution in [-0.2, 0) is 9.53 Å². The smallest absolute Gasteiger partial charge is 0.414 e. The Morgan fingerprint density at radius 1 is 1.48 bits per heavy atom. The fraction of sp³-hybridized carbons (Fsp3) is 0.412. The topological polar surface area (TPSA) is 60.5 Å². The summed E-state index contributed by atoms with van der Waals surface area (Å²) < 4.78 is 47.8. The van der Waals surface area contributed by atoms with Crippen LogP contribution in [0.4, 0.5) is 18.9 Å². The molecular weight excluding hydrogens is 337 g/mol. The second kappa shape index (κ2) is 8.15. The van der Waals surface area contributed by atoms with E-state index in [1.807, 2.05) is 0 Å². The Labute approximate surface area is 143 Å². The van der Waals surface area contributed by atoms with Gasteiger partial charge in [-0.25, -0.2) is 4.98 Å². The van der Waals surface area contributed by atoms with Crippen molar-refractivity contribution in [2.24, 2.45) is 5.92 Å². The molecule has 0 bridgehead atoms. The van der Waals surface area contributed by atoms with E-state index >= 15 is 0 Å². The number of anilines is 1. The van der Waals surface area contributed by atoms with Gasteiger partial charge in [0.15, 0.2) is 6.10 Å². The van der Waals surface area contributed by atoms with Crippen LogP contribution >= 0.6 is 0 Å². The van der Waals surface area contributed by atoms with Crippen molar-refractivity contribution in [2.45, 2.75) is 25.1 Å². The van der Waals surface area contributed by atoms with E-state index < -0.39 is 12.3 Å². The van der Waals surface area contributed by atoms with E-state index in [9.17, 15) is 18.0 Å². The van der Waals surface area contributed by atoms with Gasteiger partial charge in [-0.3, -0.25) is 4.79 Å². The highest BCUT2D eigenvalue weighted by molar-refractivity contribution is 5.98. The molecule has 0 unspecified atom stereocenters. The Balaban J connectivity index is 2.05. The summed E-state index contributed by atoms with van der Waals surface area (Å²) in [7, 11) is 1.46. The summed E-state index contributed by atoms with van der Waals surface area (Å²) in [6.07, 6.45) is 0.353. The molecule has 0 radical (unpaired) electrons. The average Bonchev–Trinajstić information content (AvgIpc) is 2.59. The molecule has 8 heteroatoms. The summed E-state index contributed by atoms with van der Waals surface area (Å²) in [5.41, 5.74) is 1.06. The summed E-state index contributed by atoms with van der Waals surface area (Å²) in [5.74, 6) is -0.159. The maximum atomic E-state index is 12.6.